The van der Waals surface area contributed by atoms with E-state index in [1.165, 1.54) is 6.33 Å². The smallest absolute Gasteiger partial charge is 0.129 e. The molecule has 2 N–H and O–H groups in total. The normalized spacial score (nSPS) is 8.55. The van der Waals surface area contributed by atoms with Gasteiger partial charge < -0.3 is 5.73 Å². The second kappa shape index (κ2) is 4.26. The first-order chi connectivity index (χ1) is 5.34. The summed E-state index contributed by atoms with van der Waals surface area (Å²) in [6.07, 6.45) is 3.19. The lowest BCUT2D eigenvalue weighted by atomic mass is 10.4. The average Bonchev–Trinajstić information content (AvgIpc) is 2.03. The van der Waals surface area contributed by atoms with Gasteiger partial charge in [0, 0.05) is 6.20 Å². The van der Waals surface area contributed by atoms with Gasteiger partial charge in [0.05, 0.1) is 10.1 Å². The minimum atomic E-state index is 0.361. The molecule has 0 aliphatic carbocycles. The first-order valence-corrected chi connectivity index (χ1v) is 4.07. The molecule has 1 rings (SSSR count). The number of halogens is 1. The van der Waals surface area contributed by atoms with Gasteiger partial charge in [0.1, 0.15) is 12.0 Å². The minimum absolute atomic E-state index is 0.361. The van der Waals surface area contributed by atoms with Crippen molar-refractivity contribution in [3.8, 4) is 11.8 Å². The van der Waals surface area contributed by atoms with Crippen LogP contribution in [0, 0.1) is 15.4 Å². The first kappa shape index (κ1) is 8.43. The molecule has 0 aromatic carbocycles. The molecule has 1 heterocycles. The summed E-state index contributed by atoms with van der Waals surface area (Å²) in [6, 6.07) is 0. The molecule has 0 atom stereocenters. The van der Waals surface area contributed by atoms with Crippen LogP contribution in [0.1, 0.15) is 5.69 Å². The van der Waals surface area contributed by atoms with E-state index in [0.29, 0.717) is 6.54 Å². The molecule has 1 aromatic heterocycles. The molecule has 0 spiro atoms. The average molecular weight is 259 g/mol. The Balaban J connectivity index is 2.95. The van der Waals surface area contributed by atoms with E-state index >= 15 is 0 Å². The third-order valence-corrected chi connectivity index (χ3v) is 1.77. The molecule has 0 aliphatic rings. The Morgan fingerprint density at radius 1 is 1.64 bits per heavy atom. The Morgan fingerprint density at radius 2 is 2.45 bits per heavy atom. The number of nitrogens with two attached hydrogens (primary N) is 1. The van der Waals surface area contributed by atoms with Crippen LogP contribution in [0.25, 0.3) is 0 Å². The maximum absolute atomic E-state index is 5.21. The van der Waals surface area contributed by atoms with Crippen LogP contribution in [0.3, 0.4) is 0 Å². The fourth-order valence-corrected chi connectivity index (χ4v) is 0.974. The summed E-state index contributed by atoms with van der Waals surface area (Å²) < 4.78 is 0.950. The number of hydrogen-bond donors (Lipinski definition) is 1. The van der Waals surface area contributed by atoms with Gasteiger partial charge in [0.2, 0.25) is 0 Å². The van der Waals surface area contributed by atoms with Gasteiger partial charge in [-0.15, -0.1) is 0 Å². The van der Waals surface area contributed by atoms with Crippen molar-refractivity contribution >= 4 is 22.6 Å². The molecule has 1 aromatic rings. The van der Waals surface area contributed by atoms with E-state index in [-0.39, 0.29) is 0 Å². The molecule has 56 valence electrons. The molecule has 3 nitrogen and oxygen atoms in total. The summed E-state index contributed by atoms with van der Waals surface area (Å²) in [7, 11) is 0. The van der Waals surface area contributed by atoms with Crippen LogP contribution in [-0.2, 0) is 0 Å². The van der Waals surface area contributed by atoms with E-state index in [9.17, 15) is 0 Å². The van der Waals surface area contributed by atoms with E-state index in [1.54, 1.807) is 6.20 Å². The Hall–Kier alpha value is -0.670. The van der Waals surface area contributed by atoms with Gasteiger partial charge in [0.25, 0.3) is 0 Å². The largest absolute Gasteiger partial charge is 0.320 e. The van der Waals surface area contributed by atoms with Crippen molar-refractivity contribution < 1.29 is 0 Å². The van der Waals surface area contributed by atoms with Crippen LogP contribution in [0.2, 0.25) is 0 Å². The Bertz CT molecular complexity index is 300. The molecule has 0 aliphatic heterocycles. The van der Waals surface area contributed by atoms with Gasteiger partial charge in [-0.25, -0.2) is 9.97 Å². The fraction of sp³-hybridized carbons (Fsp3) is 0.143. The molecule has 0 saturated carbocycles. The molecule has 0 bridgehead atoms. The van der Waals surface area contributed by atoms with Crippen LogP contribution >= 0.6 is 22.6 Å². The topological polar surface area (TPSA) is 51.8 Å². The number of nitrogens with zero attached hydrogens (tertiary/aromatic N) is 2. The SMILES string of the molecule is NCC#Cc1ncncc1I. The maximum atomic E-state index is 5.21. The van der Waals surface area contributed by atoms with Crippen LogP contribution in [0.5, 0.6) is 0 Å². The quantitative estimate of drug-likeness (QED) is 0.541. The lowest BCUT2D eigenvalue weighted by Gasteiger charge is -1.90. The van der Waals surface area contributed by atoms with E-state index in [2.05, 4.69) is 44.4 Å². The van der Waals surface area contributed by atoms with Crippen LogP contribution in [0.15, 0.2) is 12.5 Å². The van der Waals surface area contributed by atoms with Crippen molar-refractivity contribution in [2.75, 3.05) is 6.54 Å². The first-order valence-electron chi connectivity index (χ1n) is 2.99. The van der Waals surface area contributed by atoms with E-state index in [1.807, 2.05) is 0 Å². The minimum Gasteiger partial charge on any atom is -0.320 e. The van der Waals surface area contributed by atoms with E-state index in [0.717, 1.165) is 9.26 Å². The molecule has 4 heteroatoms. The molecular formula is C7H6IN3. The molecule has 11 heavy (non-hydrogen) atoms. The van der Waals surface area contributed by atoms with Crippen LogP contribution in [0.4, 0.5) is 0 Å². The second-order valence-electron chi connectivity index (χ2n) is 1.73. The van der Waals surface area contributed by atoms with Crippen molar-refractivity contribution in [2.45, 2.75) is 0 Å². The second-order valence-corrected chi connectivity index (χ2v) is 2.89. The molecule has 0 amide bonds. The predicted molar refractivity (Wildman–Crippen MR) is 50.7 cm³/mol. The molecule has 0 saturated heterocycles. The van der Waals surface area contributed by atoms with Crippen molar-refractivity contribution in [2.24, 2.45) is 5.73 Å². The zero-order valence-corrected chi connectivity index (χ0v) is 7.87. The number of hydrogen-bond acceptors (Lipinski definition) is 3. The summed E-state index contributed by atoms with van der Waals surface area (Å²) in [5.74, 6) is 5.57. The van der Waals surface area contributed by atoms with Gasteiger partial charge in [-0.2, -0.15) is 0 Å². The van der Waals surface area contributed by atoms with Gasteiger partial charge in [-0.05, 0) is 28.5 Å². The highest BCUT2D eigenvalue weighted by atomic mass is 127. The molecule has 0 radical (unpaired) electrons. The lowest BCUT2D eigenvalue weighted by Crippen LogP contribution is -1.94. The number of aromatic nitrogens is 2. The standard InChI is InChI=1S/C7H6IN3/c8-6-4-10-5-11-7(6)2-1-3-9/h4-5H,3,9H2. The Morgan fingerprint density at radius 3 is 3.09 bits per heavy atom. The van der Waals surface area contributed by atoms with Crippen LogP contribution < -0.4 is 5.73 Å². The van der Waals surface area contributed by atoms with E-state index < -0.39 is 0 Å². The Labute approximate surface area is 78.6 Å². The lowest BCUT2D eigenvalue weighted by molar-refractivity contribution is 1.13. The zero-order valence-electron chi connectivity index (χ0n) is 5.71. The fourth-order valence-electron chi connectivity index (χ4n) is 0.539. The Kier molecular flexibility index (Phi) is 3.26. The summed E-state index contributed by atoms with van der Waals surface area (Å²) in [6.45, 7) is 0.361. The van der Waals surface area contributed by atoms with Crippen molar-refractivity contribution in [3.05, 3.63) is 21.8 Å². The summed E-state index contributed by atoms with van der Waals surface area (Å²) in [5, 5.41) is 0. The molecule has 0 fully saturated rings. The van der Waals surface area contributed by atoms with Gasteiger partial charge in [-0.3, -0.25) is 0 Å². The van der Waals surface area contributed by atoms with Gasteiger partial charge in [-0.1, -0.05) is 5.92 Å². The molecule has 0 unspecified atom stereocenters. The van der Waals surface area contributed by atoms with Gasteiger partial charge in [0.15, 0.2) is 0 Å². The highest BCUT2D eigenvalue weighted by molar-refractivity contribution is 14.1. The van der Waals surface area contributed by atoms with Crippen molar-refractivity contribution in [1.82, 2.24) is 9.97 Å². The van der Waals surface area contributed by atoms with Gasteiger partial charge >= 0.3 is 0 Å². The third kappa shape index (κ3) is 2.44. The predicted octanol–water partition coefficient (Wildman–Crippen LogP) is 0.391. The zero-order chi connectivity index (χ0) is 8.10. The summed E-state index contributed by atoms with van der Waals surface area (Å²) in [5.41, 5.74) is 5.95. The highest BCUT2D eigenvalue weighted by Crippen LogP contribution is 2.04. The van der Waals surface area contributed by atoms with Crippen molar-refractivity contribution in [3.63, 3.8) is 0 Å². The monoisotopic (exact) mass is 259 g/mol. The maximum Gasteiger partial charge on any atom is 0.129 e. The number of rotatable bonds is 0. The molecular weight excluding hydrogens is 253 g/mol. The summed E-state index contributed by atoms with van der Waals surface area (Å²) >= 11 is 2.13. The highest BCUT2D eigenvalue weighted by Gasteiger charge is 1.93. The van der Waals surface area contributed by atoms with Crippen LogP contribution in [-0.4, -0.2) is 16.5 Å². The third-order valence-electron chi connectivity index (χ3n) is 0.976. The summed E-state index contributed by atoms with van der Waals surface area (Å²) in [4.78, 5) is 7.80. The van der Waals surface area contributed by atoms with E-state index in [4.69, 9.17) is 5.73 Å². The van der Waals surface area contributed by atoms with Crippen molar-refractivity contribution in [1.29, 1.82) is 0 Å².